The second-order valence-corrected chi connectivity index (χ2v) is 4.22. The third-order valence-electron chi connectivity index (χ3n) is 2.65. The Morgan fingerprint density at radius 1 is 1.56 bits per heavy atom. The quantitative estimate of drug-likeness (QED) is 0.451. The molecule has 18 heavy (non-hydrogen) atoms. The van der Waals surface area contributed by atoms with Crippen molar-refractivity contribution in [2.45, 2.75) is 18.6 Å². The molecule has 1 unspecified atom stereocenters. The third kappa shape index (κ3) is 5.39. The summed E-state index contributed by atoms with van der Waals surface area (Å²) >= 11 is 0. The molecule has 1 rings (SSSR count). The van der Waals surface area contributed by atoms with Gasteiger partial charge >= 0.3 is 6.18 Å². The molecule has 1 aliphatic heterocycles. The van der Waals surface area contributed by atoms with Gasteiger partial charge in [0.25, 0.3) is 0 Å². The zero-order chi connectivity index (χ0) is 13.6. The van der Waals surface area contributed by atoms with Crippen LogP contribution in [-0.2, 0) is 0 Å². The summed E-state index contributed by atoms with van der Waals surface area (Å²) in [4.78, 5) is 5.40. The zero-order valence-electron chi connectivity index (χ0n) is 10.4. The summed E-state index contributed by atoms with van der Waals surface area (Å²) in [6.07, 6.45) is -1.75. The van der Waals surface area contributed by atoms with Crippen LogP contribution in [0.2, 0.25) is 0 Å². The first-order valence-electron chi connectivity index (χ1n) is 5.82. The molecule has 0 aromatic heterocycles. The maximum absolute atomic E-state index is 12.2. The Bertz CT molecular complexity index is 301. The van der Waals surface area contributed by atoms with Gasteiger partial charge in [0.05, 0.1) is 6.54 Å². The molecule has 1 heterocycles. The Kier molecular flexibility index (Phi) is 5.46. The molecule has 0 radical (unpaired) electrons. The van der Waals surface area contributed by atoms with Crippen LogP contribution in [-0.4, -0.2) is 56.3 Å². The number of rotatable bonds is 4. The van der Waals surface area contributed by atoms with Crippen LogP contribution < -0.4 is 10.6 Å². The minimum atomic E-state index is -4.13. The minimum absolute atomic E-state index is 0.00312. The number of guanidine groups is 1. The van der Waals surface area contributed by atoms with Crippen LogP contribution in [0.4, 0.5) is 13.2 Å². The Hall–Kier alpha value is -1.24. The molecule has 0 bridgehead atoms. The molecular formula is C11H19F3N4. The highest BCUT2D eigenvalue weighted by Gasteiger charge is 2.34. The fraction of sp³-hybridized carbons (Fsp3) is 0.727. The predicted octanol–water partition coefficient (Wildman–Crippen LogP) is 0.974. The van der Waals surface area contributed by atoms with Crippen molar-refractivity contribution in [1.29, 1.82) is 0 Å². The molecule has 7 heteroatoms. The second-order valence-electron chi connectivity index (χ2n) is 4.22. The number of nitrogens with one attached hydrogen (secondary N) is 2. The number of alkyl halides is 3. The molecule has 0 aromatic carbocycles. The van der Waals surface area contributed by atoms with Crippen LogP contribution in [0.5, 0.6) is 0 Å². The molecule has 0 saturated carbocycles. The molecule has 1 fully saturated rings. The Balaban J connectivity index is 2.35. The highest BCUT2D eigenvalue weighted by Crippen LogP contribution is 2.19. The van der Waals surface area contributed by atoms with Gasteiger partial charge in [-0.3, -0.25) is 9.89 Å². The Morgan fingerprint density at radius 3 is 2.83 bits per heavy atom. The summed E-state index contributed by atoms with van der Waals surface area (Å²) < 4.78 is 36.7. The van der Waals surface area contributed by atoms with Crippen LogP contribution in [0.15, 0.2) is 17.6 Å². The van der Waals surface area contributed by atoms with Crippen LogP contribution >= 0.6 is 0 Å². The maximum atomic E-state index is 12.2. The normalized spacial score (nSPS) is 22.0. The standard InChI is InChI=1S/C11H19F3N4/c1-3-5-16-10(15-2)17-9-4-6-18(7-9)8-11(12,13)14/h3,9H,1,4-8H2,2H3,(H2,15,16,17). The Labute approximate surface area is 105 Å². The van der Waals surface area contributed by atoms with E-state index in [0.29, 0.717) is 32.0 Å². The fourth-order valence-electron chi connectivity index (χ4n) is 1.90. The number of hydrogen-bond donors (Lipinski definition) is 2. The van der Waals surface area contributed by atoms with Crippen molar-refractivity contribution in [2.75, 3.05) is 33.2 Å². The summed E-state index contributed by atoms with van der Waals surface area (Å²) in [6, 6.07) is 0.00312. The van der Waals surface area contributed by atoms with Gasteiger partial charge in [0, 0.05) is 32.7 Å². The highest BCUT2D eigenvalue weighted by atomic mass is 19.4. The molecule has 0 aromatic rings. The van der Waals surface area contributed by atoms with Crippen molar-refractivity contribution in [3.8, 4) is 0 Å². The molecular weight excluding hydrogens is 245 g/mol. The lowest BCUT2D eigenvalue weighted by Gasteiger charge is -2.19. The predicted molar refractivity (Wildman–Crippen MR) is 65.6 cm³/mol. The van der Waals surface area contributed by atoms with Gasteiger partial charge in [0.2, 0.25) is 0 Å². The molecule has 1 atom stereocenters. The van der Waals surface area contributed by atoms with E-state index in [1.165, 1.54) is 4.90 Å². The molecule has 0 aliphatic carbocycles. The van der Waals surface area contributed by atoms with E-state index in [-0.39, 0.29) is 6.04 Å². The van der Waals surface area contributed by atoms with Gasteiger partial charge in [-0.25, -0.2) is 0 Å². The fourth-order valence-corrected chi connectivity index (χ4v) is 1.90. The van der Waals surface area contributed by atoms with Gasteiger partial charge in [-0.05, 0) is 6.42 Å². The van der Waals surface area contributed by atoms with Crippen LogP contribution in [0.1, 0.15) is 6.42 Å². The van der Waals surface area contributed by atoms with Crippen molar-refractivity contribution in [2.24, 2.45) is 4.99 Å². The van der Waals surface area contributed by atoms with E-state index >= 15 is 0 Å². The monoisotopic (exact) mass is 264 g/mol. The molecule has 0 spiro atoms. The molecule has 2 N–H and O–H groups in total. The van der Waals surface area contributed by atoms with E-state index < -0.39 is 12.7 Å². The Morgan fingerprint density at radius 2 is 2.28 bits per heavy atom. The first-order chi connectivity index (χ1) is 8.44. The second kappa shape index (κ2) is 6.63. The van der Waals surface area contributed by atoms with Gasteiger partial charge in [0.1, 0.15) is 0 Å². The lowest BCUT2D eigenvalue weighted by Crippen LogP contribution is -2.45. The summed E-state index contributed by atoms with van der Waals surface area (Å²) in [5.41, 5.74) is 0. The van der Waals surface area contributed by atoms with Crippen molar-refractivity contribution in [3.05, 3.63) is 12.7 Å². The lowest BCUT2D eigenvalue weighted by atomic mass is 10.3. The lowest BCUT2D eigenvalue weighted by molar-refractivity contribution is -0.143. The first-order valence-corrected chi connectivity index (χ1v) is 5.82. The molecule has 4 nitrogen and oxygen atoms in total. The minimum Gasteiger partial charge on any atom is -0.353 e. The van der Waals surface area contributed by atoms with Gasteiger partial charge in [-0.1, -0.05) is 6.08 Å². The van der Waals surface area contributed by atoms with E-state index in [4.69, 9.17) is 0 Å². The van der Waals surface area contributed by atoms with Gasteiger partial charge in [-0.2, -0.15) is 13.2 Å². The smallest absolute Gasteiger partial charge is 0.353 e. The maximum Gasteiger partial charge on any atom is 0.401 e. The molecule has 104 valence electrons. The van der Waals surface area contributed by atoms with Crippen molar-refractivity contribution in [3.63, 3.8) is 0 Å². The van der Waals surface area contributed by atoms with Crippen molar-refractivity contribution < 1.29 is 13.2 Å². The number of aliphatic imine (C=N–C) groups is 1. The molecule has 0 amide bonds. The van der Waals surface area contributed by atoms with Gasteiger partial charge < -0.3 is 10.6 Å². The summed E-state index contributed by atoms with van der Waals surface area (Å²) in [7, 11) is 1.63. The van der Waals surface area contributed by atoms with Crippen molar-refractivity contribution in [1.82, 2.24) is 15.5 Å². The van der Waals surface area contributed by atoms with E-state index in [1.54, 1.807) is 13.1 Å². The summed E-state index contributed by atoms with van der Waals surface area (Å²) in [6.45, 7) is 4.13. The van der Waals surface area contributed by atoms with Crippen LogP contribution in [0.25, 0.3) is 0 Å². The SMILES string of the molecule is C=CCNC(=NC)NC1CCN(CC(F)(F)F)C1. The van der Waals surface area contributed by atoms with Gasteiger partial charge in [-0.15, -0.1) is 6.58 Å². The van der Waals surface area contributed by atoms with Crippen molar-refractivity contribution >= 4 is 5.96 Å². The average Bonchev–Trinajstić information content (AvgIpc) is 2.69. The number of hydrogen-bond acceptors (Lipinski definition) is 2. The topological polar surface area (TPSA) is 39.7 Å². The third-order valence-corrected chi connectivity index (χ3v) is 2.65. The summed E-state index contributed by atoms with van der Waals surface area (Å²) in [5, 5.41) is 6.09. The molecule has 1 aliphatic rings. The average molecular weight is 264 g/mol. The van der Waals surface area contributed by atoms with Crippen LogP contribution in [0, 0.1) is 0 Å². The van der Waals surface area contributed by atoms with Crippen LogP contribution in [0.3, 0.4) is 0 Å². The van der Waals surface area contributed by atoms with E-state index in [2.05, 4.69) is 22.2 Å². The van der Waals surface area contributed by atoms with E-state index in [1.807, 2.05) is 0 Å². The largest absolute Gasteiger partial charge is 0.401 e. The number of likely N-dealkylation sites (tertiary alicyclic amines) is 1. The molecule has 1 saturated heterocycles. The van der Waals surface area contributed by atoms with E-state index in [9.17, 15) is 13.2 Å². The number of halogens is 3. The van der Waals surface area contributed by atoms with E-state index in [0.717, 1.165) is 0 Å². The first kappa shape index (κ1) is 14.8. The number of nitrogens with zero attached hydrogens (tertiary/aromatic N) is 2. The summed E-state index contributed by atoms with van der Waals surface area (Å²) in [5.74, 6) is 0.591. The highest BCUT2D eigenvalue weighted by molar-refractivity contribution is 5.80. The zero-order valence-corrected chi connectivity index (χ0v) is 10.4. The van der Waals surface area contributed by atoms with Gasteiger partial charge in [0.15, 0.2) is 5.96 Å².